The lowest BCUT2D eigenvalue weighted by molar-refractivity contribution is -0.128. The lowest BCUT2D eigenvalue weighted by atomic mass is 9.80. The van der Waals surface area contributed by atoms with E-state index in [9.17, 15) is 9.59 Å². The minimum Gasteiger partial charge on any atom is -0.379 e. The first-order valence-corrected chi connectivity index (χ1v) is 13.3. The van der Waals surface area contributed by atoms with Gasteiger partial charge in [-0.1, -0.05) is 60.8 Å². The van der Waals surface area contributed by atoms with Crippen LogP contribution < -0.4 is 10.6 Å². The van der Waals surface area contributed by atoms with Crippen LogP contribution in [0.25, 0.3) is 0 Å². The van der Waals surface area contributed by atoms with E-state index >= 15 is 0 Å². The zero-order valence-electron chi connectivity index (χ0n) is 22.8. The summed E-state index contributed by atoms with van der Waals surface area (Å²) in [6.07, 6.45) is 5.23. The van der Waals surface area contributed by atoms with Gasteiger partial charge in [0, 0.05) is 47.4 Å². The Balaban J connectivity index is 1.72. The summed E-state index contributed by atoms with van der Waals surface area (Å²) in [5, 5.41) is 6.33. The van der Waals surface area contributed by atoms with Crippen LogP contribution in [0, 0.1) is 0 Å². The monoisotopic (exact) mass is 486 g/mol. The number of ether oxygens (including phenoxy) is 1. The number of carbonyl (C=O) groups excluding carboxylic acids is 2. The Hall–Kier alpha value is -1.99. The summed E-state index contributed by atoms with van der Waals surface area (Å²) in [5.74, 6) is -0.234. The average Bonchev–Trinajstić information content (AvgIpc) is 2.81. The number of morpholine rings is 1. The quantitative estimate of drug-likeness (QED) is 0.570. The molecular formula is C28H46N4O3. The minimum absolute atomic E-state index is 0.0475. The highest BCUT2D eigenvalue weighted by atomic mass is 16.5. The highest BCUT2D eigenvalue weighted by Gasteiger charge is 2.41. The van der Waals surface area contributed by atoms with Crippen molar-refractivity contribution >= 4 is 11.8 Å². The fourth-order valence-corrected chi connectivity index (χ4v) is 4.78. The van der Waals surface area contributed by atoms with Crippen LogP contribution >= 0.6 is 0 Å². The second kappa shape index (κ2) is 11.4. The Morgan fingerprint density at radius 3 is 2.09 bits per heavy atom. The predicted molar refractivity (Wildman–Crippen MR) is 140 cm³/mol. The van der Waals surface area contributed by atoms with E-state index in [1.54, 1.807) is 0 Å². The third kappa shape index (κ3) is 7.50. The maximum Gasteiger partial charge on any atom is 0.252 e. The summed E-state index contributed by atoms with van der Waals surface area (Å²) in [5.41, 5.74) is 1.15. The molecule has 2 amide bonds. The summed E-state index contributed by atoms with van der Waals surface area (Å²) < 4.78 is 5.41. The molecule has 7 nitrogen and oxygen atoms in total. The van der Waals surface area contributed by atoms with Gasteiger partial charge in [-0.05, 0) is 37.9 Å². The van der Waals surface area contributed by atoms with Gasteiger partial charge in [-0.3, -0.25) is 19.5 Å². The Bertz CT molecular complexity index is 841. The van der Waals surface area contributed by atoms with E-state index in [0.29, 0.717) is 24.9 Å². The van der Waals surface area contributed by atoms with Gasteiger partial charge in [0.05, 0.1) is 13.2 Å². The van der Waals surface area contributed by atoms with Gasteiger partial charge in [0.2, 0.25) is 5.91 Å². The van der Waals surface area contributed by atoms with Crippen LogP contribution in [0.2, 0.25) is 0 Å². The number of pyridine rings is 1. The summed E-state index contributed by atoms with van der Waals surface area (Å²) in [4.78, 5) is 34.2. The first-order valence-electron chi connectivity index (χ1n) is 13.3. The number of hydrogen-bond donors (Lipinski definition) is 2. The van der Waals surface area contributed by atoms with E-state index < -0.39 is 5.54 Å². The van der Waals surface area contributed by atoms with E-state index in [2.05, 4.69) is 57.1 Å². The fourth-order valence-electron chi connectivity index (χ4n) is 4.78. The second-order valence-corrected chi connectivity index (χ2v) is 12.3. The highest BCUT2D eigenvalue weighted by molar-refractivity contribution is 5.99. The van der Waals surface area contributed by atoms with Crippen LogP contribution in [0.5, 0.6) is 0 Å². The third-order valence-electron chi connectivity index (χ3n) is 7.16. The van der Waals surface area contributed by atoms with Crippen molar-refractivity contribution in [3.63, 3.8) is 0 Å². The average molecular weight is 487 g/mol. The number of amides is 2. The largest absolute Gasteiger partial charge is 0.379 e. The Kier molecular flexibility index (Phi) is 8.97. The zero-order chi connectivity index (χ0) is 25.7. The molecule has 0 spiro atoms. The molecule has 2 fully saturated rings. The second-order valence-electron chi connectivity index (χ2n) is 12.3. The molecule has 0 bridgehead atoms. The Morgan fingerprint density at radius 1 is 0.971 bits per heavy atom. The third-order valence-corrected chi connectivity index (χ3v) is 7.16. The predicted octanol–water partition coefficient (Wildman–Crippen LogP) is 3.95. The van der Waals surface area contributed by atoms with Crippen molar-refractivity contribution in [1.82, 2.24) is 20.5 Å². The number of rotatable bonds is 7. The number of hydrogen-bond acceptors (Lipinski definition) is 5. The topological polar surface area (TPSA) is 83.6 Å². The van der Waals surface area contributed by atoms with Crippen molar-refractivity contribution in [3.05, 3.63) is 29.1 Å². The zero-order valence-corrected chi connectivity index (χ0v) is 22.8. The molecule has 0 atom stereocenters. The van der Waals surface area contributed by atoms with Crippen LogP contribution in [0.15, 0.2) is 12.1 Å². The number of aromatic nitrogens is 1. The van der Waals surface area contributed by atoms with E-state index in [1.807, 2.05) is 12.1 Å². The standard InChI is InChI=1S/C28H46N4O3/c1-26(2,3)22-19-21(20-23(30-22)27(4,5)6)24(33)31-28(11-8-7-9-12-28)25(34)29-13-10-14-32-15-17-35-18-16-32/h19-20H,7-18H2,1-6H3,(H,29,34)(H,31,33). The molecule has 1 saturated carbocycles. The van der Waals surface area contributed by atoms with Gasteiger partial charge in [-0.2, -0.15) is 0 Å². The summed E-state index contributed by atoms with van der Waals surface area (Å²) in [6.45, 7) is 17.7. The molecule has 3 rings (SSSR count). The van der Waals surface area contributed by atoms with Gasteiger partial charge >= 0.3 is 0 Å². The lowest BCUT2D eigenvalue weighted by Crippen LogP contribution is -2.60. The normalized spacial score (nSPS) is 19.3. The molecule has 7 heteroatoms. The van der Waals surface area contributed by atoms with Crippen molar-refractivity contribution in [2.45, 2.75) is 96.4 Å². The molecule has 1 saturated heterocycles. The van der Waals surface area contributed by atoms with Crippen molar-refractivity contribution < 1.29 is 14.3 Å². The fraction of sp³-hybridized carbons (Fsp3) is 0.750. The van der Waals surface area contributed by atoms with Gasteiger partial charge in [0.1, 0.15) is 5.54 Å². The van der Waals surface area contributed by atoms with Crippen LogP contribution in [-0.4, -0.2) is 66.6 Å². The molecular weight excluding hydrogens is 440 g/mol. The van der Waals surface area contributed by atoms with E-state index in [-0.39, 0.29) is 22.6 Å². The van der Waals surface area contributed by atoms with Crippen molar-refractivity contribution in [3.8, 4) is 0 Å². The van der Waals surface area contributed by atoms with Crippen LogP contribution in [0.4, 0.5) is 0 Å². The number of nitrogens with one attached hydrogen (secondary N) is 2. The van der Waals surface area contributed by atoms with E-state index in [1.165, 1.54) is 0 Å². The van der Waals surface area contributed by atoms with Crippen molar-refractivity contribution in [2.24, 2.45) is 0 Å². The lowest BCUT2D eigenvalue weighted by Gasteiger charge is -2.37. The molecule has 2 N–H and O–H groups in total. The van der Waals surface area contributed by atoms with Gasteiger partial charge in [-0.15, -0.1) is 0 Å². The molecule has 1 aliphatic carbocycles. The maximum atomic E-state index is 13.6. The van der Waals surface area contributed by atoms with Crippen LogP contribution in [-0.2, 0) is 20.4 Å². The molecule has 1 aromatic heterocycles. The number of carbonyl (C=O) groups is 2. The van der Waals surface area contributed by atoms with Crippen LogP contribution in [0.1, 0.15) is 102 Å². The van der Waals surface area contributed by atoms with Crippen LogP contribution in [0.3, 0.4) is 0 Å². The van der Waals surface area contributed by atoms with Gasteiger partial charge in [-0.25, -0.2) is 0 Å². The first kappa shape index (κ1) is 27.6. The first-order chi connectivity index (χ1) is 16.4. The molecule has 2 aliphatic rings. The molecule has 1 aromatic rings. The summed E-state index contributed by atoms with van der Waals surface area (Å²) in [7, 11) is 0. The smallest absolute Gasteiger partial charge is 0.252 e. The maximum absolute atomic E-state index is 13.6. The summed E-state index contributed by atoms with van der Waals surface area (Å²) >= 11 is 0. The van der Waals surface area contributed by atoms with E-state index in [0.717, 1.165) is 69.9 Å². The Labute approximate surface area is 211 Å². The molecule has 0 aromatic carbocycles. The van der Waals surface area contributed by atoms with Crippen molar-refractivity contribution in [2.75, 3.05) is 39.4 Å². The molecule has 196 valence electrons. The van der Waals surface area contributed by atoms with Gasteiger partial charge < -0.3 is 15.4 Å². The molecule has 0 radical (unpaired) electrons. The molecule has 2 heterocycles. The van der Waals surface area contributed by atoms with Gasteiger partial charge in [0.25, 0.3) is 5.91 Å². The molecule has 0 unspecified atom stereocenters. The summed E-state index contributed by atoms with van der Waals surface area (Å²) in [6, 6.07) is 3.78. The SMILES string of the molecule is CC(C)(C)c1cc(C(=O)NC2(C(=O)NCCCN3CCOCC3)CCCCC2)cc(C(C)(C)C)n1. The Morgan fingerprint density at radius 2 is 1.54 bits per heavy atom. The molecule has 35 heavy (non-hydrogen) atoms. The highest BCUT2D eigenvalue weighted by Crippen LogP contribution is 2.31. The van der Waals surface area contributed by atoms with E-state index in [4.69, 9.17) is 9.72 Å². The van der Waals surface area contributed by atoms with Crippen molar-refractivity contribution in [1.29, 1.82) is 0 Å². The number of nitrogens with zero attached hydrogens (tertiary/aromatic N) is 2. The van der Waals surface area contributed by atoms with Gasteiger partial charge in [0.15, 0.2) is 0 Å². The molecule has 1 aliphatic heterocycles. The minimum atomic E-state index is -0.846.